The van der Waals surface area contributed by atoms with Gasteiger partial charge in [0, 0.05) is 15.4 Å². The van der Waals surface area contributed by atoms with Gasteiger partial charge in [-0.2, -0.15) is 0 Å². The van der Waals surface area contributed by atoms with E-state index >= 15 is 0 Å². The smallest absolute Gasteiger partial charge is 0.335 e. The van der Waals surface area contributed by atoms with Crippen molar-refractivity contribution in [3.05, 3.63) is 45.6 Å². The van der Waals surface area contributed by atoms with Gasteiger partial charge in [0.1, 0.15) is 17.1 Å². The molecule has 30 heavy (non-hydrogen) atoms. The van der Waals surface area contributed by atoms with Gasteiger partial charge in [0.05, 0.1) is 30.1 Å². The first-order valence-electron chi connectivity index (χ1n) is 9.45. The number of carbonyl (C=O) groups excluding carboxylic acids is 2. The lowest BCUT2D eigenvalue weighted by Gasteiger charge is -2.52. The maximum Gasteiger partial charge on any atom is 0.335 e. The number of carbonyl (C=O) groups is 2. The molecule has 0 amide bonds. The van der Waals surface area contributed by atoms with Gasteiger partial charge in [0.25, 0.3) is 0 Å². The van der Waals surface area contributed by atoms with Crippen molar-refractivity contribution < 1.29 is 34.4 Å². The van der Waals surface area contributed by atoms with Crippen molar-refractivity contribution in [1.82, 2.24) is 0 Å². The molecule has 7 nitrogen and oxygen atoms in total. The second-order valence-electron chi connectivity index (χ2n) is 8.02. The van der Waals surface area contributed by atoms with Gasteiger partial charge in [-0.3, -0.25) is 4.79 Å². The second-order valence-corrected chi connectivity index (χ2v) is 8.87. The molecule has 4 rings (SSSR count). The van der Waals surface area contributed by atoms with Crippen LogP contribution in [0.5, 0.6) is 11.5 Å². The van der Waals surface area contributed by atoms with Crippen molar-refractivity contribution >= 4 is 38.5 Å². The highest BCUT2D eigenvalue weighted by Gasteiger charge is 2.69. The zero-order valence-corrected chi connectivity index (χ0v) is 18.4. The second kappa shape index (κ2) is 6.46. The number of benzene rings is 2. The number of aromatic hydroxyl groups is 2. The summed E-state index contributed by atoms with van der Waals surface area (Å²) in [5.74, 6) is -3.44. The van der Waals surface area contributed by atoms with Gasteiger partial charge >= 0.3 is 5.97 Å². The molecule has 0 unspecified atom stereocenters. The summed E-state index contributed by atoms with van der Waals surface area (Å²) in [5, 5.41) is 33.8. The molecule has 0 aromatic heterocycles. The molecule has 1 spiro atoms. The van der Waals surface area contributed by atoms with E-state index in [0.29, 0.717) is 9.86 Å². The first-order chi connectivity index (χ1) is 14.0. The average Bonchev–Trinajstić information content (AvgIpc) is 3.04. The maximum absolute atomic E-state index is 13.4. The minimum Gasteiger partial charge on any atom is -0.507 e. The fourth-order valence-electron chi connectivity index (χ4n) is 4.92. The summed E-state index contributed by atoms with van der Waals surface area (Å²) < 4.78 is 11.7. The number of halogens is 1. The van der Waals surface area contributed by atoms with Crippen LogP contribution in [0, 0.1) is 11.8 Å². The molecule has 3 N–H and O–H groups in total. The largest absolute Gasteiger partial charge is 0.507 e. The summed E-state index contributed by atoms with van der Waals surface area (Å²) >= 11 is 3.40. The van der Waals surface area contributed by atoms with Gasteiger partial charge in [-0.05, 0) is 24.1 Å². The Morgan fingerprint density at radius 2 is 1.90 bits per heavy atom. The molecule has 0 bridgehead atoms. The van der Waals surface area contributed by atoms with Crippen molar-refractivity contribution in [2.45, 2.75) is 32.0 Å². The Balaban J connectivity index is 2.25. The minimum atomic E-state index is -1.85. The van der Waals surface area contributed by atoms with Crippen LogP contribution in [0.2, 0.25) is 0 Å². The van der Waals surface area contributed by atoms with Crippen molar-refractivity contribution in [3.63, 3.8) is 0 Å². The average molecular weight is 477 g/mol. The van der Waals surface area contributed by atoms with Crippen LogP contribution in [-0.4, -0.2) is 39.8 Å². The van der Waals surface area contributed by atoms with Crippen LogP contribution in [0.1, 0.15) is 36.7 Å². The number of Topliss-reactive ketones (excluding diaryl/α,β-unsaturated/α-hetero) is 1. The number of methoxy groups -OCH3 is 1. The SMILES string of the molecule is COC1=CC(=O)O[C@@]12c1cc3c(Br)ccc(O)c3c(O)c1C(=O)[C@@H](C)[C@@]2(O)C(C)C. The summed E-state index contributed by atoms with van der Waals surface area (Å²) in [6.45, 7) is 4.97. The first-order valence-corrected chi connectivity index (χ1v) is 10.2. The van der Waals surface area contributed by atoms with Gasteiger partial charge in [-0.1, -0.05) is 36.7 Å². The van der Waals surface area contributed by atoms with Crippen molar-refractivity contribution in [2.75, 3.05) is 7.11 Å². The number of fused-ring (bicyclic) bond motifs is 3. The molecule has 1 aliphatic carbocycles. The Hall–Kier alpha value is -2.58. The topological polar surface area (TPSA) is 113 Å². The molecule has 8 heteroatoms. The third-order valence-electron chi connectivity index (χ3n) is 6.39. The Labute approximate surface area is 181 Å². The molecule has 0 radical (unpaired) electrons. The van der Waals surface area contributed by atoms with E-state index in [1.54, 1.807) is 19.9 Å². The molecular formula is C22H21BrO7. The number of hydrogen-bond acceptors (Lipinski definition) is 7. The number of phenols is 2. The van der Waals surface area contributed by atoms with E-state index in [0.717, 1.165) is 6.08 Å². The van der Waals surface area contributed by atoms with Crippen molar-refractivity contribution in [1.29, 1.82) is 0 Å². The quantitative estimate of drug-likeness (QED) is 0.568. The van der Waals surface area contributed by atoms with Gasteiger partial charge < -0.3 is 24.8 Å². The lowest BCUT2D eigenvalue weighted by Crippen LogP contribution is -2.65. The maximum atomic E-state index is 13.4. The Bertz CT molecular complexity index is 1150. The summed E-state index contributed by atoms with van der Waals surface area (Å²) in [4.78, 5) is 25.8. The van der Waals surface area contributed by atoms with Crippen LogP contribution in [0.25, 0.3) is 10.8 Å². The zero-order valence-electron chi connectivity index (χ0n) is 16.8. The monoisotopic (exact) mass is 476 g/mol. The molecule has 0 saturated heterocycles. The number of esters is 1. The van der Waals surface area contributed by atoms with E-state index in [-0.39, 0.29) is 28.0 Å². The van der Waals surface area contributed by atoms with E-state index in [2.05, 4.69) is 15.9 Å². The van der Waals surface area contributed by atoms with Crippen LogP contribution in [0.4, 0.5) is 0 Å². The van der Waals surface area contributed by atoms with E-state index < -0.39 is 40.5 Å². The Kier molecular flexibility index (Phi) is 4.45. The van der Waals surface area contributed by atoms with Crippen molar-refractivity contribution in [3.8, 4) is 11.5 Å². The van der Waals surface area contributed by atoms with E-state index in [1.807, 2.05) is 0 Å². The third kappa shape index (κ3) is 2.23. The Morgan fingerprint density at radius 1 is 1.23 bits per heavy atom. The van der Waals surface area contributed by atoms with Crippen LogP contribution < -0.4 is 0 Å². The predicted octanol–water partition coefficient (Wildman–Crippen LogP) is 3.52. The molecule has 3 atom stereocenters. The summed E-state index contributed by atoms with van der Waals surface area (Å²) in [5.41, 5.74) is -3.70. The third-order valence-corrected chi connectivity index (χ3v) is 7.09. The number of rotatable bonds is 2. The molecule has 2 aliphatic rings. The molecule has 2 aromatic carbocycles. The van der Waals surface area contributed by atoms with Crippen LogP contribution in [0.15, 0.2) is 34.5 Å². The van der Waals surface area contributed by atoms with E-state index in [1.165, 1.54) is 26.2 Å². The first kappa shape index (κ1) is 20.7. The molecule has 0 saturated carbocycles. The van der Waals surface area contributed by atoms with Gasteiger partial charge in [0.2, 0.25) is 5.60 Å². The minimum absolute atomic E-state index is 0.0410. The fourth-order valence-corrected chi connectivity index (χ4v) is 5.37. The lowest BCUT2D eigenvalue weighted by atomic mass is 9.57. The van der Waals surface area contributed by atoms with Gasteiger partial charge in [0.15, 0.2) is 11.5 Å². The summed E-state index contributed by atoms with van der Waals surface area (Å²) in [7, 11) is 1.35. The normalized spacial score (nSPS) is 28.1. The molecule has 1 heterocycles. The highest BCUT2D eigenvalue weighted by molar-refractivity contribution is 9.10. The van der Waals surface area contributed by atoms with Gasteiger partial charge in [-0.15, -0.1) is 0 Å². The van der Waals surface area contributed by atoms with Crippen LogP contribution >= 0.6 is 15.9 Å². The predicted molar refractivity (Wildman–Crippen MR) is 111 cm³/mol. The number of hydrogen-bond donors (Lipinski definition) is 3. The number of aliphatic hydroxyl groups is 1. The molecule has 158 valence electrons. The van der Waals surface area contributed by atoms with Crippen LogP contribution in [0.3, 0.4) is 0 Å². The standard InChI is InChI=1S/C22H21BrO7/c1-9(2)21(28)10(3)19(26)18-12(22(21)15(29-4)8-16(25)30-22)7-11-13(23)5-6-14(24)17(11)20(18)27/h5-10,24,27-28H,1-4H3/t10-,21+,22+/m1/s1. The Morgan fingerprint density at radius 3 is 2.50 bits per heavy atom. The number of ether oxygens (including phenoxy) is 2. The van der Waals surface area contributed by atoms with E-state index in [9.17, 15) is 24.9 Å². The molecule has 1 aliphatic heterocycles. The van der Waals surface area contributed by atoms with E-state index in [4.69, 9.17) is 9.47 Å². The zero-order chi connectivity index (χ0) is 22.2. The lowest BCUT2D eigenvalue weighted by molar-refractivity contribution is -0.213. The number of phenolic OH excluding ortho intramolecular Hbond substituents is 2. The fraction of sp³-hybridized carbons (Fsp3) is 0.364. The molecular weight excluding hydrogens is 456 g/mol. The molecule has 0 fully saturated rings. The van der Waals surface area contributed by atoms with Gasteiger partial charge in [-0.25, -0.2) is 4.79 Å². The summed E-state index contributed by atoms with van der Waals surface area (Å²) in [6.07, 6.45) is 1.14. The van der Waals surface area contributed by atoms with Crippen molar-refractivity contribution in [2.24, 2.45) is 11.8 Å². The van der Waals surface area contributed by atoms with Crippen LogP contribution in [-0.2, 0) is 19.9 Å². The number of ketones is 1. The summed E-state index contributed by atoms with van der Waals surface area (Å²) in [6, 6.07) is 4.52. The molecule has 2 aromatic rings. The highest BCUT2D eigenvalue weighted by atomic mass is 79.9. The highest BCUT2D eigenvalue weighted by Crippen LogP contribution is 2.60.